The third kappa shape index (κ3) is 3.26. The van der Waals surface area contributed by atoms with E-state index in [9.17, 15) is 4.79 Å². The molecular formula is C13H20N4O. The van der Waals surface area contributed by atoms with Gasteiger partial charge in [-0.15, -0.1) is 0 Å². The number of aromatic nitrogens is 2. The van der Waals surface area contributed by atoms with E-state index in [-0.39, 0.29) is 5.91 Å². The van der Waals surface area contributed by atoms with E-state index in [4.69, 9.17) is 0 Å². The van der Waals surface area contributed by atoms with Gasteiger partial charge in [-0.1, -0.05) is 0 Å². The highest BCUT2D eigenvalue weighted by molar-refractivity contribution is 5.93. The van der Waals surface area contributed by atoms with Crippen molar-refractivity contribution in [2.45, 2.75) is 19.3 Å². The number of nitrogens with one attached hydrogen (secondary N) is 1. The average molecular weight is 248 g/mol. The molecule has 1 fully saturated rings. The second-order valence-electron chi connectivity index (χ2n) is 4.76. The zero-order valence-corrected chi connectivity index (χ0v) is 10.8. The Morgan fingerprint density at radius 3 is 2.83 bits per heavy atom. The van der Waals surface area contributed by atoms with E-state index in [1.165, 1.54) is 12.6 Å². The molecule has 1 aromatic heterocycles. The van der Waals surface area contributed by atoms with Gasteiger partial charge in [0.2, 0.25) is 0 Å². The van der Waals surface area contributed by atoms with Crippen molar-refractivity contribution >= 4 is 5.91 Å². The summed E-state index contributed by atoms with van der Waals surface area (Å²) in [5, 5.41) is 10.6. The summed E-state index contributed by atoms with van der Waals surface area (Å²) in [4.78, 5) is 14.1. The van der Waals surface area contributed by atoms with Gasteiger partial charge >= 0.3 is 0 Å². The van der Waals surface area contributed by atoms with Crippen LogP contribution in [-0.4, -0.2) is 47.7 Å². The molecule has 1 N–H and O–H groups in total. The van der Waals surface area contributed by atoms with Crippen molar-refractivity contribution in [2.75, 3.05) is 26.7 Å². The Hall–Kier alpha value is -1.49. The minimum atomic E-state index is 0.0805. The zero-order chi connectivity index (χ0) is 12.8. The lowest BCUT2D eigenvalue weighted by molar-refractivity contribution is 0.0686. The summed E-state index contributed by atoms with van der Waals surface area (Å²) in [7, 11) is 1.98. The standard InChI is InChI=1S/C13H20N4O/c1-14-6-2-11-4-8-17(9-5-11)13(18)12-3-7-15-16-10-12/h3,7,10-11,14H,2,4-6,8-9H2,1H3. The van der Waals surface area contributed by atoms with E-state index in [1.54, 1.807) is 12.3 Å². The molecule has 5 heteroatoms. The second kappa shape index (κ2) is 6.44. The van der Waals surface area contributed by atoms with Crippen LogP contribution in [0.2, 0.25) is 0 Å². The van der Waals surface area contributed by atoms with Crippen LogP contribution in [0.4, 0.5) is 0 Å². The number of nitrogens with zero attached hydrogens (tertiary/aromatic N) is 3. The highest BCUT2D eigenvalue weighted by atomic mass is 16.2. The van der Waals surface area contributed by atoms with Gasteiger partial charge in [-0.05, 0) is 44.8 Å². The largest absolute Gasteiger partial charge is 0.339 e. The minimum absolute atomic E-state index is 0.0805. The van der Waals surface area contributed by atoms with Crippen molar-refractivity contribution in [3.8, 4) is 0 Å². The first-order valence-electron chi connectivity index (χ1n) is 6.52. The molecule has 0 atom stereocenters. The molecule has 2 rings (SSSR count). The van der Waals surface area contributed by atoms with Crippen LogP contribution in [0.15, 0.2) is 18.5 Å². The van der Waals surface area contributed by atoms with Crippen LogP contribution < -0.4 is 5.32 Å². The van der Waals surface area contributed by atoms with Gasteiger partial charge in [0, 0.05) is 13.1 Å². The number of carbonyl (C=O) groups excluding carboxylic acids is 1. The predicted octanol–water partition coefficient (Wildman–Crippen LogP) is 0.938. The Bertz CT molecular complexity index is 374. The quantitative estimate of drug-likeness (QED) is 0.861. The van der Waals surface area contributed by atoms with Gasteiger partial charge in [0.1, 0.15) is 0 Å². The second-order valence-corrected chi connectivity index (χ2v) is 4.76. The molecule has 5 nitrogen and oxygen atoms in total. The zero-order valence-electron chi connectivity index (χ0n) is 10.8. The molecular weight excluding hydrogens is 228 g/mol. The van der Waals surface area contributed by atoms with Crippen LogP contribution in [-0.2, 0) is 0 Å². The molecule has 1 amide bonds. The minimum Gasteiger partial charge on any atom is -0.339 e. The Morgan fingerprint density at radius 1 is 1.44 bits per heavy atom. The number of carbonyl (C=O) groups is 1. The third-order valence-electron chi connectivity index (χ3n) is 3.54. The Labute approximate surface area is 108 Å². The Kier molecular flexibility index (Phi) is 4.64. The van der Waals surface area contributed by atoms with Crippen molar-refractivity contribution in [3.05, 3.63) is 24.0 Å². The highest BCUT2D eigenvalue weighted by Crippen LogP contribution is 2.21. The van der Waals surface area contributed by atoms with E-state index >= 15 is 0 Å². The van der Waals surface area contributed by atoms with Gasteiger partial charge in [0.25, 0.3) is 5.91 Å². The third-order valence-corrected chi connectivity index (χ3v) is 3.54. The summed E-state index contributed by atoms with van der Waals surface area (Å²) in [5.41, 5.74) is 0.638. The first-order valence-corrected chi connectivity index (χ1v) is 6.52. The summed E-state index contributed by atoms with van der Waals surface area (Å²) in [6, 6.07) is 1.72. The van der Waals surface area contributed by atoms with Gasteiger partial charge in [-0.2, -0.15) is 10.2 Å². The van der Waals surface area contributed by atoms with Crippen molar-refractivity contribution in [2.24, 2.45) is 5.92 Å². The number of amides is 1. The number of likely N-dealkylation sites (tertiary alicyclic amines) is 1. The monoisotopic (exact) mass is 248 g/mol. The molecule has 1 aliphatic heterocycles. The van der Waals surface area contributed by atoms with Crippen LogP contribution in [0.1, 0.15) is 29.6 Å². The number of rotatable bonds is 4. The van der Waals surface area contributed by atoms with Crippen molar-refractivity contribution < 1.29 is 4.79 Å². The van der Waals surface area contributed by atoms with Crippen molar-refractivity contribution in [3.63, 3.8) is 0 Å². The maximum atomic E-state index is 12.2. The molecule has 1 aliphatic rings. The average Bonchev–Trinajstić information content (AvgIpc) is 2.46. The number of piperidine rings is 1. The Balaban J connectivity index is 1.84. The van der Waals surface area contributed by atoms with E-state index in [2.05, 4.69) is 15.5 Å². The summed E-state index contributed by atoms with van der Waals surface area (Å²) >= 11 is 0. The number of hydrogen-bond donors (Lipinski definition) is 1. The van der Waals surface area contributed by atoms with E-state index in [1.807, 2.05) is 11.9 Å². The van der Waals surface area contributed by atoms with Gasteiger partial charge < -0.3 is 10.2 Å². The fourth-order valence-corrected chi connectivity index (χ4v) is 2.37. The van der Waals surface area contributed by atoms with E-state index in [0.717, 1.165) is 38.4 Å². The van der Waals surface area contributed by atoms with Crippen molar-refractivity contribution in [1.29, 1.82) is 0 Å². The van der Waals surface area contributed by atoms with E-state index in [0.29, 0.717) is 5.56 Å². The summed E-state index contributed by atoms with van der Waals surface area (Å²) in [6.45, 7) is 2.78. The first-order chi connectivity index (χ1) is 8.81. The molecule has 1 aromatic rings. The summed E-state index contributed by atoms with van der Waals surface area (Å²) in [6.07, 6.45) is 6.51. The molecule has 0 aromatic carbocycles. The molecule has 0 aliphatic carbocycles. The van der Waals surface area contributed by atoms with Gasteiger partial charge in [-0.3, -0.25) is 4.79 Å². The van der Waals surface area contributed by atoms with Gasteiger partial charge in [-0.25, -0.2) is 0 Å². The summed E-state index contributed by atoms with van der Waals surface area (Å²) < 4.78 is 0. The van der Waals surface area contributed by atoms with Crippen LogP contribution in [0, 0.1) is 5.92 Å². The summed E-state index contributed by atoms with van der Waals surface area (Å²) in [5.74, 6) is 0.828. The van der Waals surface area contributed by atoms with E-state index < -0.39 is 0 Å². The molecule has 1 saturated heterocycles. The Morgan fingerprint density at radius 2 is 2.22 bits per heavy atom. The van der Waals surface area contributed by atoms with Crippen LogP contribution in [0.25, 0.3) is 0 Å². The molecule has 0 bridgehead atoms. The normalized spacial score (nSPS) is 16.8. The lowest BCUT2D eigenvalue weighted by atomic mass is 9.93. The molecule has 0 spiro atoms. The lowest BCUT2D eigenvalue weighted by Gasteiger charge is -2.32. The maximum absolute atomic E-state index is 12.2. The highest BCUT2D eigenvalue weighted by Gasteiger charge is 2.23. The maximum Gasteiger partial charge on any atom is 0.255 e. The van der Waals surface area contributed by atoms with Crippen LogP contribution in [0.3, 0.4) is 0 Å². The van der Waals surface area contributed by atoms with Gasteiger partial charge in [0.15, 0.2) is 0 Å². The smallest absolute Gasteiger partial charge is 0.255 e. The van der Waals surface area contributed by atoms with Gasteiger partial charge in [0.05, 0.1) is 18.0 Å². The SMILES string of the molecule is CNCCC1CCN(C(=O)c2ccnnc2)CC1. The lowest BCUT2D eigenvalue weighted by Crippen LogP contribution is -2.39. The molecule has 18 heavy (non-hydrogen) atoms. The molecule has 2 heterocycles. The molecule has 98 valence electrons. The van der Waals surface area contributed by atoms with Crippen LogP contribution >= 0.6 is 0 Å². The topological polar surface area (TPSA) is 58.1 Å². The number of hydrogen-bond acceptors (Lipinski definition) is 4. The molecule has 0 saturated carbocycles. The van der Waals surface area contributed by atoms with Crippen LogP contribution in [0.5, 0.6) is 0 Å². The fraction of sp³-hybridized carbons (Fsp3) is 0.615. The first kappa shape index (κ1) is 13.0. The fourth-order valence-electron chi connectivity index (χ4n) is 2.37. The molecule has 0 radical (unpaired) electrons. The predicted molar refractivity (Wildman–Crippen MR) is 69.2 cm³/mol. The molecule has 0 unspecified atom stereocenters. The van der Waals surface area contributed by atoms with Crippen molar-refractivity contribution in [1.82, 2.24) is 20.4 Å².